The van der Waals surface area contributed by atoms with Crippen molar-refractivity contribution >= 4 is 11.8 Å². The van der Waals surface area contributed by atoms with Gasteiger partial charge in [0.15, 0.2) is 0 Å². The van der Waals surface area contributed by atoms with E-state index in [-0.39, 0.29) is 23.8 Å². The van der Waals surface area contributed by atoms with Gasteiger partial charge in [0.2, 0.25) is 11.8 Å². The molecule has 1 saturated carbocycles. The van der Waals surface area contributed by atoms with Gasteiger partial charge in [-0.1, -0.05) is 34.1 Å². The van der Waals surface area contributed by atoms with Crippen LogP contribution in [0, 0.1) is 11.8 Å². The van der Waals surface area contributed by atoms with Crippen molar-refractivity contribution < 1.29 is 14.3 Å². The first-order chi connectivity index (χ1) is 10.8. The van der Waals surface area contributed by atoms with Gasteiger partial charge in [0.25, 0.3) is 0 Å². The summed E-state index contributed by atoms with van der Waals surface area (Å²) in [5, 5.41) is 3.02. The molecule has 0 radical (unpaired) electrons. The zero-order valence-electron chi connectivity index (χ0n) is 15.2. The molecule has 4 atom stereocenters. The standard InChI is InChI=1S/C18H32N2O3/c1-6-14(5)19-16(21)15-11-23-18(9-7-8-13(4)10-18)20(15)17(22)12(2)3/h12-15H,6-11H2,1-5H3,(H,19,21)/t13-,14+,15-,18-/m0/s1. The fourth-order valence-electron chi connectivity index (χ4n) is 3.75. The summed E-state index contributed by atoms with van der Waals surface area (Å²) < 4.78 is 6.13. The first kappa shape index (κ1) is 18.2. The highest BCUT2D eigenvalue weighted by Crippen LogP contribution is 2.43. The van der Waals surface area contributed by atoms with Gasteiger partial charge in [-0.25, -0.2) is 0 Å². The number of carbonyl (C=O) groups excluding carboxylic acids is 2. The van der Waals surface area contributed by atoms with Crippen molar-refractivity contribution in [2.45, 2.75) is 84.5 Å². The fourth-order valence-corrected chi connectivity index (χ4v) is 3.75. The Morgan fingerprint density at radius 1 is 1.35 bits per heavy atom. The maximum atomic E-state index is 12.9. The largest absolute Gasteiger partial charge is 0.353 e. The van der Waals surface area contributed by atoms with Gasteiger partial charge in [0.1, 0.15) is 11.8 Å². The molecule has 0 bridgehead atoms. The lowest BCUT2D eigenvalue weighted by Crippen LogP contribution is -2.58. The van der Waals surface area contributed by atoms with Gasteiger partial charge in [0, 0.05) is 12.0 Å². The Kier molecular flexibility index (Phi) is 5.71. The number of nitrogens with zero attached hydrogens (tertiary/aromatic N) is 1. The van der Waals surface area contributed by atoms with E-state index in [1.165, 1.54) is 6.42 Å². The first-order valence-electron chi connectivity index (χ1n) is 9.08. The van der Waals surface area contributed by atoms with Crippen LogP contribution in [0.5, 0.6) is 0 Å². The van der Waals surface area contributed by atoms with Crippen LogP contribution < -0.4 is 5.32 Å². The second-order valence-corrected chi connectivity index (χ2v) is 7.66. The molecule has 2 aliphatic rings. The van der Waals surface area contributed by atoms with Crippen molar-refractivity contribution in [2.24, 2.45) is 11.8 Å². The van der Waals surface area contributed by atoms with Gasteiger partial charge in [-0.2, -0.15) is 0 Å². The van der Waals surface area contributed by atoms with E-state index in [4.69, 9.17) is 4.74 Å². The lowest BCUT2D eigenvalue weighted by Gasteiger charge is -2.44. The minimum absolute atomic E-state index is 0.0286. The molecule has 1 N–H and O–H groups in total. The minimum atomic E-state index is -0.573. The molecule has 23 heavy (non-hydrogen) atoms. The van der Waals surface area contributed by atoms with Crippen LogP contribution in [0.2, 0.25) is 0 Å². The second-order valence-electron chi connectivity index (χ2n) is 7.66. The lowest BCUT2D eigenvalue weighted by atomic mass is 9.82. The Morgan fingerprint density at radius 2 is 2.04 bits per heavy atom. The molecule has 1 aliphatic heterocycles. The summed E-state index contributed by atoms with van der Waals surface area (Å²) in [5.41, 5.74) is -0.573. The molecule has 1 heterocycles. The fraction of sp³-hybridized carbons (Fsp3) is 0.889. The predicted octanol–water partition coefficient (Wildman–Crippen LogP) is 2.69. The molecule has 5 nitrogen and oxygen atoms in total. The molecule has 5 heteroatoms. The van der Waals surface area contributed by atoms with Crippen LogP contribution in [0.3, 0.4) is 0 Å². The summed E-state index contributed by atoms with van der Waals surface area (Å²) in [6, 6.07) is -0.385. The summed E-state index contributed by atoms with van der Waals surface area (Å²) in [5.74, 6) is 0.330. The number of hydrogen-bond donors (Lipinski definition) is 1. The maximum absolute atomic E-state index is 12.9. The van der Waals surface area contributed by atoms with Crippen molar-refractivity contribution in [3.8, 4) is 0 Å². The van der Waals surface area contributed by atoms with Gasteiger partial charge < -0.3 is 10.1 Å². The van der Waals surface area contributed by atoms with Crippen LogP contribution in [0.1, 0.15) is 66.7 Å². The van der Waals surface area contributed by atoms with Gasteiger partial charge in [-0.05, 0) is 38.5 Å². The van der Waals surface area contributed by atoms with Crippen molar-refractivity contribution in [3.63, 3.8) is 0 Å². The van der Waals surface area contributed by atoms with Gasteiger partial charge in [0.05, 0.1) is 6.61 Å². The normalized spacial score (nSPS) is 32.3. The van der Waals surface area contributed by atoms with Crippen LogP contribution in [-0.2, 0) is 14.3 Å². The smallest absolute Gasteiger partial charge is 0.245 e. The van der Waals surface area contributed by atoms with E-state index in [9.17, 15) is 9.59 Å². The molecule has 2 amide bonds. The van der Waals surface area contributed by atoms with E-state index in [1.54, 1.807) is 4.90 Å². The minimum Gasteiger partial charge on any atom is -0.353 e. The number of ether oxygens (including phenoxy) is 1. The van der Waals surface area contributed by atoms with Crippen molar-refractivity contribution in [1.82, 2.24) is 10.2 Å². The molecule has 2 rings (SSSR count). The molecule has 2 fully saturated rings. The zero-order chi connectivity index (χ0) is 17.2. The van der Waals surface area contributed by atoms with Crippen LogP contribution in [0.25, 0.3) is 0 Å². The summed E-state index contributed by atoms with van der Waals surface area (Å²) in [6.45, 7) is 10.3. The molecule has 0 aromatic carbocycles. The highest BCUT2D eigenvalue weighted by Gasteiger charge is 2.54. The Labute approximate surface area is 140 Å². The number of amides is 2. The maximum Gasteiger partial charge on any atom is 0.245 e. The van der Waals surface area contributed by atoms with Crippen LogP contribution in [0.15, 0.2) is 0 Å². The summed E-state index contributed by atoms with van der Waals surface area (Å²) >= 11 is 0. The third-order valence-electron chi connectivity index (χ3n) is 5.23. The third-order valence-corrected chi connectivity index (χ3v) is 5.23. The molecular formula is C18H32N2O3. The van der Waals surface area contributed by atoms with Crippen molar-refractivity contribution in [3.05, 3.63) is 0 Å². The highest BCUT2D eigenvalue weighted by molar-refractivity contribution is 5.89. The molecule has 1 aliphatic carbocycles. The van der Waals surface area contributed by atoms with E-state index >= 15 is 0 Å². The van der Waals surface area contributed by atoms with E-state index in [2.05, 4.69) is 12.2 Å². The van der Waals surface area contributed by atoms with Crippen molar-refractivity contribution in [1.29, 1.82) is 0 Å². The average molecular weight is 324 g/mol. The van der Waals surface area contributed by atoms with Gasteiger partial charge in [-0.3, -0.25) is 14.5 Å². The van der Waals surface area contributed by atoms with Crippen LogP contribution in [-0.4, -0.2) is 41.1 Å². The predicted molar refractivity (Wildman–Crippen MR) is 89.7 cm³/mol. The molecule has 1 saturated heterocycles. The van der Waals surface area contributed by atoms with Crippen LogP contribution in [0.4, 0.5) is 0 Å². The third kappa shape index (κ3) is 3.70. The Morgan fingerprint density at radius 3 is 2.61 bits per heavy atom. The monoisotopic (exact) mass is 324 g/mol. The summed E-state index contributed by atoms with van der Waals surface area (Å²) in [4.78, 5) is 27.3. The van der Waals surface area contributed by atoms with Crippen LogP contribution >= 0.6 is 0 Å². The Hall–Kier alpha value is -1.10. The second kappa shape index (κ2) is 7.20. The zero-order valence-corrected chi connectivity index (χ0v) is 15.2. The lowest BCUT2D eigenvalue weighted by molar-refractivity contribution is -0.165. The van der Waals surface area contributed by atoms with Gasteiger partial charge >= 0.3 is 0 Å². The van der Waals surface area contributed by atoms with E-state index < -0.39 is 11.8 Å². The number of hydrogen-bond acceptors (Lipinski definition) is 3. The SMILES string of the molecule is CC[C@@H](C)NC(=O)[C@@H]1CO[C@]2(CCC[C@H](C)C2)N1C(=O)C(C)C. The number of nitrogens with one attached hydrogen (secondary N) is 1. The topological polar surface area (TPSA) is 58.6 Å². The van der Waals surface area contributed by atoms with E-state index in [0.717, 1.165) is 25.7 Å². The van der Waals surface area contributed by atoms with Crippen molar-refractivity contribution in [2.75, 3.05) is 6.61 Å². The Balaban J connectivity index is 2.25. The highest BCUT2D eigenvalue weighted by atomic mass is 16.5. The van der Waals surface area contributed by atoms with E-state index in [0.29, 0.717) is 12.5 Å². The number of carbonyl (C=O) groups is 2. The molecule has 0 aromatic heterocycles. The molecule has 132 valence electrons. The first-order valence-corrected chi connectivity index (χ1v) is 9.08. The van der Waals surface area contributed by atoms with Gasteiger partial charge in [-0.15, -0.1) is 0 Å². The quantitative estimate of drug-likeness (QED) is 0.865. The Bertz CT molecular complexity index is 452. The molecular weight excluding hydrogens is 292 g/mol. The summed E-state index contributed by atoms with van der Waals surface area (Å²) in [7, 11) is 0. The average Bonchev–Trinajstić information content (AvgIpc) is 2.84. The molecule has 0 unspecified atom stereocenters. The molecule has 0 aromatic rings. The summed E-state index contributed by atoms with van der Waals surface area (Å²) in [6.07, 6.45) is 4.75. The number of rotatable bonds is 4. The molecule has 1 spiro atoms. The van der Waals surface area contributed by atoms with E-state index in [1.807, 2.05) is 27.7 Å².